The fraction of sp³-hybridized carbons (Fsp3) is 0.667. The highest BCUT2D eigenvalue weighted by Gasteiger charge is 2.12. The Balaban J connectivity index is 1.85. The first-order chi connectivity index (χ1) is 9.83. The molecule has 5 heteroatoms. The molecule has 1 saturated heterocycles. The molecule has 0 radical (unpaired) electrons. The molecule has 0 atom stereocenters. The van der Waals surface area contributed by atoms with E-state index in [9.17, 15) is 0 Å². The second kappa shape index (κ2) is 8.07. The van der Waals surface area contributed by atoms with Gasteiger partial charge in [0.1, 0.15) is 11.6 Å². The maximum Gasteiger partial charge on any atom is 0.131 e. The summed E-state index contributed by atoms with van der Waals surface area (Å²) in [5, 5.41) is 3.41. The summed E-state index contributed by atoms with van der Waals surface area (Å²) in [4.78, 5) is 9.36. The predicted molar refractivity (Wildman–Crippen MR) is 83.5 cm³/mol. The molecule has 112 valence electrons. The smallest absolute Gasteiger partial charge is 0.131 e. The van der Waals surface area contributed by atoms with Crippen molar-refractivity contribution in [3.63, 3.8) is 0 Å². The van der Waals surface area contributed by atoms with Gasteiger partial charge in [0.15, 0.2) is 0 Å². The Bertz CT molecular complexity index is 389. The number of hydrogen-bond acceptors (Lipinski definition) is 5. The van der Waals surface area contributed by atoms with E-state index >= 15 is 0 Å². The number of anilines is 2. The van der Waals surface area contributed by atoms with E-state index in [2.05, 4.69) is 46.1 Å². The Morgan fingerprint density at radius 1 is 1.25 bits per heavy atom. The number of hydrogen-bond donors (Lipinski definition) is 1. The summed E-state index contributed by atoms with van der Waals surface area (Å²) < 4.78 is 5.38. The third-order valence-corrected chi connectivity index (χ3v) is 3.70. The van der Waals surface area contributed by atoms with Gasteiger partial charge in [-0.15, -0.1) is 0 Å². The summed E-state index contributed by atoms with van der Waals surface area (Å²) in [5.74, 6) is 2.00. The minimum absolute atomic E-state index is 0.793. The summed E-state index contributed by atoms with van der Waals surface area (Å²) in [5.41, 5.74) is 0. The van der Waals surface area contributed by atoms with Crippen LogP contribution < -0.4 is 10.2 Å². The normalized spacial score (nSPS) is 15.7. The van der Waals surface area contributed by atoms with Crippen molar-refractivity contribution >= 4 is 11.6 Å². The molecule has 2 heterocycles. The highest BCUT2D eigenvalue weighted by Crippen LogP contribution is 2.15. The van der Waals surface area contributed by atoms with Crippen LogP contribution in [0.5, 0.6) is 0 Å². The largest absolute Gasteiger partial charge is 0.378 e. The molecule has 1 aliphatic heterocycles. The molecule has 0 aliphatic carbocycles. The number of likely N-dealkylation sites (N-methyl/N-ethyl adjacent to an activating group) is 1. The van der Waals surface area contributed by atoms with Gasteiger partial charge in [-0.05, 0) is 25.2 Å². The van der Waals surface area contributed by atoms with Crippen LogP contribution in [-0.4, -0.2) is 62.4 Å². The summed E-state index contributed by atoms with van der Waals surface area (Å²) in [6.07, 6.45) is 0. The number of morpholine rings is 1. The molecular formula is C15H26N4O. The van der Waals surface area contributed by atoms with Gasteiger partial charge in [0.25, 0.3) is 0 Å². The zero-order valence-electron chi connectivity index (χ0n) is 12.6. The fourth-order valence-corrected chi connectivity index (χ4v) is 2.37. The number of nitrogens with one attached hydrogen (secondary N) is 1. The molecule has 0 spiro atoms. The van der Waals surface area contributed by atoms with Crippen LogP contribution in [0, 0.1) is 0 Å². The van der Waals surface area contributed by atoms with Crippen LogP contribution in [-0.2, 0) is 4.74 Å². The van der Waals surface area contributed by atoms with Gasteiger partial charge in [-0.25, -0.2) is 4.98 Å². The van der Waals surface area contributed by atoms with Gasteiger partial charge >= 0.3 is 0 Å². The first-order valence-electron chi connectivity index (χ1n) is 7.59. The molecular weight excluding hydrogens is 252 g/mol. The lowest BCUT2D eigenvalue weighted by Gasteiger charge is -2.28. The Hall–Kier alpha value is -1.33. The molecule has 1 aliphatic rings. The Morgan fingerprint density at radius 2 is 2.00 bits per heavy atom. The maximum absolute atomic E-state index is 5.38. The van der Waals surface area contributed by atoms with E-state index in [1.54, 1.807) is 0 Å². The van der Waals surface area contributed by atoms with Gasteiger partial charge in [0.05, 0.1) is 13.2 Å². The third-order valence-electron chi connectivity index (χ3n) is 3.70. The highest BCUT2D eigenvalue weighted by molar-refractivity contribution is 5.47. The van der Waals surface area contributed by atoms with E-state index < -0.39 is 0 Å². The molecule has 0 bridgehead atoms. The van der Waals surface area contributed by atoms with Crippen molar-refractivity contribution in [3.05, 3.63) is 18.2 Å². The zero-order valence-corrected chi connectivity index (χ0v) is 12.6. The van der Waals surface area contributed by atoms with Gasteiger partial charge in [-0.2, -0.15) is 0 Å². The molecule has 0 saturated carbocycles. The predicted octanol–water partition coefficient (Wildman–Crippen LogP) is 1.67. The van der Waals surface area contributed by atoms with E-state index in [0.717, 1.165) is 64.1 Å². The first-order valence-corrected chi connectivity index (χ1v) is 7.59. The summed E-state index contributed by atoms with van der Waals surface area (Å²) >= 11 is 0. The first kappa shape index (κ1) is 15.1. The van der Waals surface area contributed by atoms with Gasteiger partial charge in [0, 0.05) is 26.2 Å². The molecule has 5 nitrogen and oxygen atoms in total. The van der Waals surface area contributed by atoms with Gasteiger partial charge in [0.2, 0.25) is 0 Å². The molecule has 0 unspecified atom stereocenters. The average Bonchev–Trinajstić information content (AvgIpc) is 2.53. The third kappa shape index (κ3) is 4.35. The topological polar surface area (TPSA) is 40.6 Å². The number of nitrogens with zero attached hydrogens (tertiary/aromatic N) is 3. The number of ether oxygens (including phenoxy) is 1. The van der Waals surface area contributed by atoms with Crippen LogP contribution in [0.1, 0.15) is 13.8 Å². The molecule has 20 heavy (non-hydrogen) atoms. The van der Waals surface area contributed by atoms with E-state index in [1.807, 2.05) is 6.07 Å². The molecule has 0 amide bonds. The number of aromatic nitrogens is 1. The highest BCUT2D eigenvalue weighted by atomic mass is 16.5. The number of pyridine rings is 1. The molecule has 1 aromatic rings. The molecule has 1 fully saturated rings. The monoisotopic (exact) mass is 278 g/mol. The summed E-state index contributed by atoms with van der Waals surface area (Å²) in [7, 11) is 0. The Labute approximate surface area is 121 Å². The molecule has 0 aromatic carbocycles. The summed E-state index contributed by atoms with van der Waals surface area (Å²) in [6.45, 7) is 12.0. The molecule has 1 aromatic heterocycles. The zero-order chi connectivity index (χ0) is 14.2. The van der Waals surface area contributed by atoms with Crippen molar-refractivity contribution < 1.29 is 4.74 Å². The van der Waals surface area contributed by atoms with Crippen LogP contribution in [0.4, 0.5) is 11.6 Å². The lowest BCUT2D eigenvalue weighted by Crippen LogP contribution is -2.36. The minimum Gasteiger partial charge on any atom is -0.378 e. The van der Waals surface area contributed by atoms with Gasteiger partial charge in [-0.1, -0.05) is 19.9 Å². The Kier molecular flexibility index (Phi) is 6.08. The van der Waals surface area contributed by atoms with Crippen molar-refractivity contribution in [1.82, 2.24) is 9.88 Å². The van der Waals surface area contributed by atoms with E-state index in [0.29, 0.717) is 0 Å². The van der Waals surface area contributed by atoms with Crippen LogP contribution in [0.25, 0.3) is 0 Å². The van der Waals surface area contributed by atoms with Crippen molar-refractivity contribution in [2.24, 2.45) is 0 Å². The van der Waals surface area contributed by atoms with Crippen molar-refractivity contribution in [2.45, 2.75) is 13.8 Å². The minimum atomic E-state index is 0.793. The quantitative estimate of drug-likeness (QED) is 0.821. The number of rotatable bonds is 7. The Morgan fingerprint density at radius 3 is 2.70 bits per heavy atom. The fourth-order valence-electron chi connectivity index (χ4n) is 2.37. The SMILES string of the molecule is CCN(CC)CCNc1cccc(N2CCOCC2)n1. The van der Waals surface area contributed by atoms with E-state index in [-0.39, 0.29) is 0 Å². The molecule has 2 rings (SSSR count). The van der Waals surface area contributed by atoms with Crippen LogP contribution in [0.2, 0.25) is 0 Å². The van der Waals surface area contributed by atoms with Crippen LogP contribution in [0.15, 0.2) is 18.2 Å². The average molecular weight is 278 g/mol. The van der Waals surface area contributed by atoms with Gasteiger partial charge < -0.3 is 19.9 Å². The lowest BCUT2D eigenvalue weighted by atomic mass is 10.3. The lowest BCUT2D eigenvalue weighted by molar-refractivity contribution is 0.122. The van der Waals surface area contributed by atoms with E-state index in [4.69, 9.17) is 4.74 Å². The second-order valence-electron chi connectivity index (χ2n) is 4.93. The maximum atomic E-state index is 5.38. The van der Waals surface area contributed by atoms with Gasteiger partial charge in [-0.3, -0.25) is 0 Å². The van der Waals surface area contributed by atoms with Crippen molar-refractivity contribution in [1.29, 1.82) is 0 Å². The van der Waals surface area contributed by atoms with E-state index in [1.165, 1.54) is 0 Å². The van der Waals surface area contributed by atoms with Crippen LogP contribution >= 0.6 is 0 Å². The second-order valence-corrected chi connectivity index (χ2v) is 4.93. The molecule has 1 N–H and O–H groups in total. The summed E-state index contributed by atoms with van der Waals surface area (Å²) in [6, 6.07) is 6.17. The standard InChI is InChI=1S/C15H26N4O/c1-3-18(4-2)9-8-16-14-6-5-7-15(17-14)19-10-12-20-13-11-19/h5-7H,3-4,8-13H2,1-2H3,(H,16,17). The van der Waals surface area contributed by atoms with Crippen LogP contribution in [0.3, 0.4) is 0 Å². The van der Waals surface area contributed by atoms with Crippen molar-refractivity contribution in [3.8, 4) is 0 Å². The van der Waals surface area contributed by atoms with Crippen molar-refractivity contribution in [2.75, 3.05) is 62.7 Å².